The first-order valence-corrected chi connectivity index (χ1v) is 4.69. The standard InChI is InChI=1S/C12H14NO/c1-3-4-12(13)11-7-5-10(6-8-11)9(2)14/h5-8,13H,2-4H2,1H3. The first kappa shape index (κ1) is 10.6. The Morgan fingerprint density at radius 2 is 1.79 bits per heavy atom. The lowest BCUT2D eigenvalue weighted by molar-refractivity contribution is 0.104. The normalized spacial score (nSPS) is 9.86. The number of Topliss-reactive ketones (excluding diaryl/α,β-unsaturated/α-hetero) is 1. The molecule has 0 atom stereocenters. The zero-order valence-electron chi connectivity index (χ0n) is 8.34. The van der Waals surface area contributed by atoms with Gasteiger partial charge in [0, 0.05) is 18.2 Å². The third-order valence-electron chi connectivity index (χ3n) is 2.06. The summed E-state index contributed by atoms with van der Waals surface area (Å²) in [7, 11) is 0. The van der Waals surface area contributed by atoms with Crippen molar-refractivity contribution in [2.45, 2.75) is 19.8 Å². The molecule has 1 rings (SSSR count). The number of nitrogens with one attached hydrogen (secondary N) is 1. The van der Waals surface area contributed by atoms with Crippen LogP contribution in [0.5, 0.6) is 0 Å². The second-order valence-electron chi connectivity index (χ2n) is 3.23. The van der Waals surface area contributed by atoms with Gasteiger partial charge < -0.3 is 5.41 Å². The fourth-order valence-corrected chi connectivity index (χ4v) is 1.25. The van der Waals surface area contributed by atoms with Gasteiger partial charge in [-0.2, -0.15) is 0 Å². The molecule has 1 radical (unpaired) electrons. The molecule has 0 aliphatic rings. The molecule has 1 aromatic rings. The van der Waals surface area contributed by atoms with Gasteiger partial charge in [0.05, 0.1) is 0 Å². The van der Waals surface area contributed by atoms with E-state index in [2.05, 4.69) is 6.92 Å². The lowest BCUT2D eigenvalue weighted by Crippen LogP contribution is -1.99. The molecule has 73 valence electrons. The van der Waals surface area contributed by atoms with Crippen LogP contribution < -0.4 is 0 Å². The zero-order valence-corrected chi connectivity index (χ0v) is 8.34. The summed E-state index contributed by atoms with van der Waals surface area (Å²) in [6.07, 6.45) is 1.74. The van der Waals surface area contributed by atoms with Gasteiger partial charge in [0.2, 0.25) is 0 Å². The van der Waals surface area contributed by atoms with Crippen molar-refractivity contribution in [2.75, 3.05) is 0 Å². The number of hydrogen-bond acceptors (Lipinski definition) is 2. The van der Waals surface area contributed by atoms with Gasteiger partial charge in [-0.3, -0.25) is 4.79 Å². The highest BCUT2D eigenvalue weighted by atomic mass is 16.1. The van der Waals surface area contributed by atoms with E-state index in [9.17, 15) is 4.79 Å². The van der Waals surface area contributed by atoms with Crippen LogP contribution in [0, 0.1) is 12.3 Å². The molecule has 0 aromatic heterocycles. The molecule has 0 saturated carbocycles. The molecule has 0 bridgehead atoms. The third-order valence-corrected chi connectivity index (χ3v) is 2.06. The largest absolute Gasteiger partial charge is 0.305 e. The second-order valence-corrected chi connectivity index (χ2v) is 3.23. The van der Waals surface area contributed by atoms with E-state index in [1.807, 2.05) is 6.92 Å². The zero-order chi connectivity index (χ0) is 10.6. The van der Waals surface area contributed by atoms with Crippen molar-refractivity contribution in [1.82, 2.24) is 0 Å². The maximum Gasteiger partial charge on any atom is 0.163 e. The summed E-state index contributed by atoms with van der Waals surface area (Å²) >= 11 is 0. The van der Waals surface area contributed by atoms with E-state index in [0.29, 0.717) is 11.3 Å². The van der Waals surface area contributed by atoms with Crippen molar-refractivity contribution in [3.63, 3.8) is 0 Å². The number of carbonyl (C=O) groups excluding carboxylic acids is 1. The molecule has 1 aromatic carbocycles. The molecule has 0 fully saturated rings. The fourth-order valence-electron chi connectivity index (χ4n) is 1.25. The van der Waals surface area contributed by atoms with Crippen molar-refractivity contribution in [2.24, 2.45) is 0 Å². The Balaban J connectivity index is 2.83. The summed E-state index contributed by atoms with van der Waals surface area (Å²) in [5, 5.41) is 7.71. The van der Waals surface area contributed by atoms with E-state index in [-0.39, 0.29) is 5.78 Å². The second kappa shape index (κ2) is 4.70. The topological polar surface area (TPSA) is 40.9 Å². The molecule has 2 heteroatoms. The van der Waals surface area contributed by atoms with E-state index in [4.69, 9.17) is 5.41 Å². The first-order valence-electron chi connectivity index (χ1n) is 4.69. The number of carbonyl (C=O) groups is 1. The predicted molar refractivity (Wildman–Crippen MR) is 57.9 cm³/mol. The number of ketones is 1. The van der Waals surface area contributed by atoms with Gasteiger partial charge in [-0.25, -0.2) is 0 Å². The van der Waals surface area contributed by atoms with Crippen LogP contribution in [0.3, 0.4) is 0 Å². The maximum absolute atomic E-state index is 10.9. The minimum absolute atomic E-state index is 0.182. The lowest BCUT2D eigenvalue weighted by atomic mass is 10.0. The molecule has 0 amide bonds. The SMILES string of the molecule is [CH2]C(=O)c1ccc(C(=N)CCC)cc1. The van der Waals surface area contributed by atoms with Crippen LogP contribution in [0.4, 0.5) is 0 Å². The Morgan fingerprint density at radius 1 is 1.29 bits per heavy atom. The van der Waals surface area contributed by atoms with E-state index < -0.39 is 0 Å². The summed E-state index contributed by atoms with van der Waals surface area (Å²) in [5.41, 5.74) is 2.10. The van der Waals surface area contributed by atoms with Gasteiger partial charge in [-0.05, 0) is 12.0 Å². The highest BCUT2D eigenvalue weighted by Gasteiger charge is 2.02. The van der Waals surface area contributed by atoms with Crippen molar-refractivity contribution in [3.05, 3.63) is 42.3 Å². The minimum atomic E-state index is -0.182. The molecule has 0 aliphatic heterocycles. The van der Waals surface area contributed by atoms with Crippen LogP contribution in [0.25, 0.3) is 0 Å². The van der Waals surface area contributed by atoms with Crippen molar-refractivity contribution >= 4 is 11.5 Å². The highest BCUT2D eigenvalue weighted by Crippen LogP contribution is 2.08. The minimum Gasteiger partial charge on any atom is -0.305 e. The van der Waals surface area contributed by atoms with E-state index in [1.54, 1.807) is 24.3 Å². The van der Waals surface area contributed by atoms with Crippen LogP contribution in [-0.2, 0) is 0 Å². The quantitative estimate of drug-likeness (QED) is 0.573. The molecular formula is C12H14NO. The van der Waals surface area contributed by atoms with Gasteiger partial charge in [0.25, 0.3) is 0 Å². The van der Waals surface area contributed by atoms with Gasteiger partial charge in [-0.1, -0.05) is 37.6 Å². The summed E-state index contributed by atoms with van der Waals surface area (Å²) in [6.45, 7) is 5.37. The van der Waals surface area contributed by atoms with Crippen LogP contribution >= 0.6 is 0 Å². The summed E-state index contributed by atoms with van der Waals surface area (Å²) in [4.78, 5) is 10.9. The monoisotopic (exact) mass is 188 g/mol. The molecule has 0 aliphatic carbocycles. The molecule has 0 spiro atoms. The van der Waals surface area contributed by atoms with E-state index in [1.165, 1.54) is 0 Å². The molecule has 0 saturated heterocycles. The average molecular weight is 188 g/mol. The van der Waals surface area contributed by atoms with Crippen LogP contribution in [0.1, 0.15) is 35.7 Å². The highest BCUT2D eigenvalue weighted by molar-refractivity contribution is 6.02. The van der Waals surface area contributed by atoms with Gasteiger partial charge in [0.1, 0.15) is 0 Å². The van der Waals surface area contributed by atoms with E-state index >= 15 is 0 Å². The van der Waals surface area contributed by atoms with E-state index in [0.717, 1.165) is 18.4 Å². The Hall–Kier alpha value is -1.44. The third kappa shape index (κ3) is 2.52. The lowest BCUT2D eigenvalue weighted by Gasteiger charge is -2.02. The first-order chi connectivity index (χ1) is 6.65. The van der Waals surface area contributed by atoms with Crippen molar-refractivity contribution in [3.8, 4) is 0 Å². The van der Waals surface area contributed by atoms with Gasteiger partial charge >= 0.3 is 0 Å². The Kier molecular flexibility index (Phi) is 3.57. The summed E-state index contributed by atoms with van der Waals surface area (Å²) < 4.78 is 0. The number of benzene rings is 1. The molecule has 0 unspecified atom stereocenters. The Morgan fingerprint density at radius 3 is 2.21 bits per heavy atom. The maximum atomic E-state index is 10.9. The summed E-state index contributed by atoms with van der Waals surface area (Å²) in [5.74, 6) is -0.182. The Bertz CT molecular complexity index is 338. The van der Waals surface area contributed by atoms with Crippen LogP contribution in [0.2, 0.25) is 0 Å². The molecular weight excluding hydrogens is 174 g/mol. The predicted octanol–water partition coefficient (Wildman–Crippen LogP) is 2.87. The fraction of sp³-hybridized carbons (Fsp3) is 0.250. The smallest absolute Gasteiger partial charge is 0.163 e. The number of rotatable bonds is 4. The Labute approximate surface area is 84.5 Å². The number of hydrogen-bond donors (Lipinski definition) is 1. The van der Waals surface area contributed by atoms with Crippen LogP contribution in [0.15, 0.2) is 24.3 Å². The van der Waals surface area contributed by atoms with Gasteiger partial charge in [0.15, 0.2) is 5.78 Å². The summed E-state index contributed by atoms with van der Waals surface area (Å²) in [6, 6.07) is 7.04. The average Bonchev–Trinajstić information content (AvgIpc) is 2.18. The van der Waals surface area contributed by atoms with Crippen molar-refractivity contribution < 1.29 is 4.79 Å². The molecule has 0 heterocycles. The van der Waals surface area contributed by atoms with Crippen molar-refractivity contribution in [1.29, 1.82) is 5.41 Å². The van der Waals surface area contributed by atoms with Gasteiger partial charge in [-0.15, -0.1) is 0 Å². The molecule has 1 N–H and O–H groups in total. The van der Waals surface area contributed by atoms with Crippen LogP contribution in [-0.4, -0.2) is 11.5 Å². The molecule has 2 nitrogen and oxygen atoms in total. The molecule has 14 heavy (non-hydrogen) atoms.